The monoisotopic (exact) mass is 450 g/mol. The second-order valence-corrected chi connectivity index (χ2v) is 9.72. The van der Waals surface area contributed by atoms with Crippen molar-refractivity contribution in [3.8, 4) is 22.6 Å². The van der Waals surface area contributed by atoms with Gasteiger partial charge in [0.2, 0.25) is 22.7 Å². The molecule has 3 aromatic rings. The number of anilines is 1. The van der Waals surface area contributed by atoms with Gasteiger partial charge in [0.1, 0.15) is 0 Å². The third-order valence-corrected chi connectivity index (χ3v) is 7.08. The van der Waals surface area contributed by atoms with Gasteiger partial charge in [-0.05, 0) is 72.4 Å². The number of benzene rings is 3. The molecular weight excluding hydrogens is 428 g/mol. The first-order chi connectivity index (χ1) is 15.3. The number of sulfonamides is 1. The molecule has 0 spiro atoms. The molecule has 0 unspecified atom stereocenters. The van der Waals surface area contributed by atoms with E-state index >= 15 is 0 Å². The highest BCUT2D eigenvalue weighted by molar-refractivity contribution is 7.89. The van der Waals surface area contributed by atoms with Gasteiger partial charge in [0.25, 0.3) is 0 Å². The molecule has 7 nitrogen and oxygen atoms in total. The molecule has 1 aliphatic carbocycles. The van der Waals surface area contributed by atoms with E-state index in [-0.39, 0.29) is 17.6 Å². The number of hydrogen-bond donors (Lipinski definition) is 2. The average molecular weight is 451 g/mol. The van der Waals surface area contributed by atoms with E-state index in [2.05, 4.69) is 5.32 Å². The Labute approximate surface area is 186 Å². The van der Waals surface area contributed by atoms with Crippen LogP contribution in [0, 0.1) is 6.92 Å². The highest BCUT2D eigenvalue weighted by Gasteiger charge is 2.51. The Bertz CT molecular complexity index is 1350. The maximum absolute atomic E-state index is 13.3. The predicted octanol–water partition coefficient (Wildman–Crippen LogP) is 3.71. The van der Waals surface area contributed by atoms with Gasteiger partial charge in [0.05, 0.1) is 10.3 Å². The van der Waals surface area contributed by atoms with Crippen molar-refractivity contribution in [2.45, 2.75) is 30.1 Å². The largest absolute Gasteiger partial charge is 0.454 e. The van der Waals surface area contributed by atoms with Gasteiger partial charge in [-0.3, -0.25) is 4.79 Å². The summed E-state index contributed by atoms with van der Waals surface area (Å²) >= 11 is 0. The smallest absolute Gasteiger partial charge is 0.238 e. The molecule has 0 atom stereocenters. The summed E-state index contributed by atoms with van der Waals surface area (Å²) in [6, 6.07) is 17.7. The minimum absolute atomic E-state index is 0.0450. The van der Waals surface area contributed by atoms with Crippen LogP contribution in [-0.2, 0) is 20.2 Å². The third-order valence-electron chi connectivity index (χ3n) is 6.17. The molecule has 1 aliphatic heterocycles. The highest BCUT2D eigenvalue weighted by atomic mass is 32.2. The van der Waals surface area contributed by atoms with Gasteiger partial charge in [-0.1, -0.05) is 30.3 Å². The molecule has 0 radical (unpaired) electrons. The van der Waals surface area contributed by atoms with Crippen LogP contribution in [0.4, 0.5) is 5.69 Å². The average Bonchev–Trinajstić information content (AvgIpc) is 3.45. The van der Waals surface area contributed by atoms with Crippen molar-refractivity contribution in [2.75, 3.05) is 12.1 Å². The first-order valence-electron chi connectivity index (χ1n) is 10.2. The molecule has 5 rings (SSSR count). The molecule has 1 heterocycles. The van der Waals surface area contributed by atoms with E-state index < -0.39 is 15.4 Å². The summed E-state index contributed by atoms with van der Waals surface area (Å²) in [6.45, 7) is 2.09. The van der Waals surface area contributed by atoms with E-state index in [9.17, 15) is 13.2 Å². The number of nitrogens with two attached hydrogens (primary N) is 1. The Morgan fingerprint density at radius 1 is 1.00 bits per heavy atom. The fourth-order valence-electron chi connectivity index (χ4n) is 4.13. The van der Waals surface area contributed by atoms with Crippen molar-refractivity contribution < 1.29 is 22.7 Å². The minimum Gasteiger partial charge on any atom is -0.454 e. The first-order valence-corrected chi connectivity index (χ1v) is 11.8. The topological polar surface area (TPSA) is 108 Å². The summed E-state index contributed by atoms with van der Waals surface area (Å²) in [4.78, 5) is 13.3. The van der Waals surface area contributed by atoms with Crippen molar-refractivity contribution in [1.29, 1.82) is 0 Å². The normalized spacial score (nSPS) is 15.9. The molecule has 0 bridgehead atoms. The molecule has 32 heavy (non-hydrogen) atoms. The SMILES string of the molecule is Cc1c(NC(=O)C2(c3ccc4c(c3)OCO4)CC2)cccc1-c1cccc(S(N)(=O)=O)c1. The second kappa shape index (κ2) is 7.36. The second-order valence-electron chi connectivity index (χ2n) is 8.16. The zero-order valence-corrected chi connectivity index (χ0v) is 18.2. The lowest BCUT2D eigenvalue weighted by Gasteiger charge is -2.19. The molecule has 1 saturated carbocycles. The Kier molecular flexibility index (Phi) is 4.72. The van der Waals surface area contributed by atoms with Crippen molar-refractivity contribution >= 4 is 21.6 Å². The van der Waals surface area contributed by atoms with Crippen LogP contribution in [0.15, 0.2) is 65.6 Å². The van der Waals surface area contributed by atoms with Crippen LogP contribution in [0.1, 0.15) is 24.0 Å². The third kappa shape index (κ3) is 3.51. The molecule has 1 amide bonds. The molecule has 8 heteroatoms. The van der Waals surface area contributed by atoms with E-state index in [0.717, 1.165) is 29.5 Å². The predicted molar refractivity (Wildman–Crippen MR) is 120 cm³/mol. The summed E-state index contributed by atoms with van der Waals surface area (Å²) in [5.41, 5.74) is 3.38. The van der Waals surface area contributed by atoms with Crippen molar-refractivity contribution in [3.63, 3.8) is 0 Å². The number of hydrogen-bond acceptors (Lipinski definition) is 5. The van der Waals surface area contributed by atoms with Gasteiger partial charge in [-0.15, -0.1) is 0 Å². The lowest BCUT2D eigenvalue weighted by molar-refractivity contribution is -0.118. The zero-order valence-electron chi connectivity index (χ0n) is 17.4. The number of carbonyl (C=O) groups is 1. The van der Waals surface area contributed by atoms with Gasteiger partial charge >= 0.3 is 0 Å². The number of amides is 1. The van der Waals surface area contributed by atoms with Crippen molar-refractivity contribution in [2.24, 2.45) is 5.14 Å². The van der Waals surface area contributed by atoms with Gasteiger partial charge < -0.3 is 14.8 Å². The minimum atomic E-state index is -3.81. The van der Waals surface area contributed by atoms with E-state index in [1.54, 1.807) is 6.07 Å². The van der Waals surface area contributed by atoms with Gasteiger partial charge in [0, 0.05) is 5.69 Å². The van der Waals surface area contributed by atoms with Crippen LogP contribution in [0.3, 0.4) is 0 Å². The standard InChI is InChI=1S/C24H22N2O5S/c1-15-19(16-4-2-5-18(12-16)32(25,28)29)6-3-7-20(15)26-23(27)24(10-11-24)17-8-9-21-22(13-17)31-14-30-21/h2-9,12-13H,10-11,14H2,1H3,(H,26,27)(H2,25,28,29). The fourth-order valence-corrected chi connectivity index (χ4v) is 4.69. The van der Waals surface area contributed by atoms with E-state index in [0.29, 0.717) is 22.7 Å². The maximum atomic E-state index is 13.3. The molecule has 3 aromatic carbocycles. The molecule has 0 aromatic heterocycles. The van der Waals surface area contributed by atoms with Crippen LogP contribution < -0.4 is 19.9 Å². The van der Waals surface area contributed by atoms with Crippen LogP contribution in [0.2, 0.25) is 0 Å². The molecule has 164 valence electrons. The zero-order chi connectivity index (χ0) is 22.5. The number of fused-ring (bicyclic) bond motifs is 1. The Hall–Kier alpha value is -3.36. The van der Waals surface area contributed by atoms with Crippen LogP contribution in [-0.4, -0.2) is 21.1 Å². The summed E-state index contributed by atoms with van der Waals surface area (Å²) in [7, 11) is -3.81. The Balaban J connectivity index is 1.44. The molecule has 0 saturated heterocycles. The Morgan fingerprint density at radius 2 is 1.75 bits per heavy atom. The van der Waals surface area contributed by atoms with E-state index in [4.69, 9.17) is 14.6 Å². The number of nitrogens with one attached hydrogen (secondary N) is 1. The van der Waals surface area contributed by atoms with Crippen LogP contribution in [0.25, 0.3) is 11.1 Å². The van der Waals surface area contributed by atoms with Crippen molar-refractivity contribution in [3.05, 3.63) is 71.8 Å². The fraction of sp³-hybridized carbons (Fsp3) is 0.208. The number of carbonyl (C=O) groups excluding carboxylic acids is 1. The summed E-state index contributed by atoms with van der Waals surface area (Å²) < 4.78 is 34.3. The van der Waals surface area contributed by atoms with E-state index in [1.807, 2.05) is 49.4 Å². The first kappa shape index (κ1) is 20.5. The van der Waals surface area contributed by atoms with Gasteiger partial charge in [-0.25, -0.2) is 13.6 Å². The molecular formula is C24H22N2O5S. The molecule has 1 fully saturated rings. The van der Waals surface area contributed by atoms with Crippen molar-refractivity contribution in [1.82, 2.24) is 0 Å². The highest BCUT2D eigenvalue weighted by Crippen LogP contribution is 2.51. The molecule has 3 N–H and O–H groups in total. The summed E-state index contributed by atoms with van der Waals surface area (Å²) in [5, 5.41) is 8.36. The lowest BCUT2D eigenvalue weighted by atomic mass is 9.93. The Morgan fingerprint density at radius 3 is 2.50 bits per heavy atom. The van der Waals surface area contributed by atoms with Gasteiger partial charge in [0.15, 0.2) is 11.5 Å². The maximum Gasteiger partial charge on any atom is 0.238 e. The number of ether oxygens (including phenoxy) is 2. The summed E-state index contributed by atoms with van der Waals surface area (Å²) in [6.07, 6.45) is 1.52. The summed E-state index contributed by atoms with van der Waals surface area (Å²) in [5.74, 6) is 1.28. The van der Waals surface area contributed by atoms with Crippen LogP contribution >= 0.6 is 0 Å². The lowest BCUT2D eigenvalue weighted by Crippen LogP contribution is -2.28. The quantitative estimate of drug-likeness (QED) is 0.616. The van der Waals surface area contributed by atoms with E-state index in [1.165, 1.54) is 12.1 Å². The number of rotatable bonds is 5. The van der Waals surface area contributed by atoms with Crippen LogP contribution in [0.5, 0.6) is 11.5 Å². The molecule has 2 aliphatic rings. The van der Waals surface area contributed by atoms with Gasteiger partial charge in [-0.2, -0.15) is 0 Å². The number of primary sulfonamides is 1.